The summed E-state index contributed by atoms with van der Waals surface area (Å²) in [6, 6.07) is 0. The second-order valence-electron chi connectivity index (χ2n) is 3.75. The Hall–Kier alpha value is -0.230. The fraction of sp³-hybridized carbons (Fsp3) is 0.600. The van der Waals surface area contributed by atoms with Crippen LogP contribution in [0.4, 0.5) is 0 Å². The molecular weight excluding hydrogens is 295 g/mol. The van der Waals surface area contributed by atoms with Gasteiger partial charge < -0.3 is 9.47 Å². The molecule has 90 valence electrons. The highest BCUT2D eigenvalue weighted by molar-refractivity contribution is 9.10. The molecular formula is C10H14BrClN2O2. The number of halogens is 2. The minimum absolute atomic E-state index is 0.363. The van der Waals surface area contributed by atoms with Crippen LogP contribution in [-0.2, 0) is 21.7 Å². The number of ether oxygens (including phenoxy) is 2. The van der Waals surface area contributed by atoms with Gasteiger partial charge in [0.1, 0.15) is 10.8 Å². The van der Waals surface area contributed by atoms with Gasteiger partial charge in [-0.3, -0.25) is 0 Å². The highest BCUT2D eigenvalue weighted by Gasteiger charge is 2.25. The van der Waals surface area contributed by atoms with Gasteiger partial charge in [0.15, 0.2) is 5.82 Å². The maximum absolute atomic E-state index is 6.01. The molecule has 0 aromatic carbocycles. The van der Waals surface area contributed by atoms with E-state index in [1.165, 1.54) is 0 Å². The standard InChI is InChI=1S/C10H14BrClN2O2/c1-10(2,16-4)9-13-6(5-15-3)7(11)8(12)14-9/h5H2,1-4H3. The topological polar surface area (TPSA) is 44.2 Å². The second-order valence-corrected chi connectivity index (χ2v) is 4.90. The minimum Gasteiger partial charge on any atom is -0.378 e. The minimum atomic E-state index is -0.577. The highest BCUT2D eigenvalue weighted by Crippen LogP contribution is 2.28. The summed E-state index contributed by atoms with van der Waals surface area (Å²) >= 11 is 9.33. The van der Waals surface area contributed by atoms with Crippen molar-refractivity contribution in [1.29, 1.82) is 0 Å². The molecule has 0 bridgehead atoms. The molecule has 1 aromatic rings. The summed E-state index contributed by atoms with van der Waals surface area (Å²) in [6.07, 6.45) is 0. The molecule has 1 heterocycles. The number of hydrogen-bond donors (Lipinski definition) is 0. The number of rotatable bonds is 4. The Labute approximate surface area is 108 Å². The van der Waals surface area contributed by atoms with Gasteiger partial charge in [-0.15, -0.1) is 0 Å². The summed E-state index contributed by atoms with van der Waals surface area (Å²) in [5, 5.41) is 0.363. The van der Waals surface area contributed by atoms with Crippen molar-refractivity contribution >= 4 is 27.5 Å². The largest absolute Gasteiger partial charge is 0.378 e. The van der Waals surface area contributed by atoms with Crippen LogP contribution >= 0.6 is 27.5 Å². The molecule has 0 radical (unpaired) electrons. The summed E-state index contributed by atoms with van der Waals surface area (Å²) in [5.74, 6) is 0.537. The average Bonchev–Trinajstić information content (AvgIpc) is 2.24. The molecule has 0 atom stereocenters. The Morgan fingerprint density at radius 3 is 2.44 bits per heavy atom. The number of nitrogens with zero attached hydrogens (tertiary/aromatic N) is 2. The maximum Gasteiger partial charge on any atom is 0.161 e. The third kappa shape index (κ3) is 2.91. The first-order valence-electron chi connectivity index (χ1n) is 4.69. The number of methoxy groups -OCH3 is 2. The lowest BCUT2D eigenvalue weighted by Crippen LogP contribution is -2.24. The lowest BCUT2D eigenvalue weighted by molar-refractivity contribution is 0.0109. The SMILES string of the molecule is COCc1nc(C(C)(C)OC)nc(Cl)c1Br. The quantitative estimate of drug-likeness (QED) is 0.802. The maximum atomic E-state index is 6.01. The van der Waals surface area contributed by atoms with E-state index in [-0.39, 0.29) is 0 Å². The van der Waals surface area contributed by atoms with E-state index >= 15 is 0 Å². The first-order valence-corrected chi connectivity index (χ1v) is 5.86. The molecule has 0 amide bonds. The molecule has 1 rings (SSSR count). The van der Waals surface area contributed by atoms with Crippen LogP contribution in [0.2, 0.25) is 5.15 Å². The van der Waals surface area contributed by atoms with Crippen LogP contribution in [-0.4, -0.2) is 24.2 Å². The van der Waals surface area contributed by atoms with E-state index < -0.39 is 5.60 Å². The van der Waals surface area contributed by atoms with E-state index in [1.54, 1.807) is 14.2 Å². The predicted molar refractivity (Wildman–Crippen MR) is 65.5 cm³/mol. The Balaban J connectivity index is 3.23. The van der Waals surface area contributed by atoms with Crippen LogP contribution in [0, 0.1) is 0 Å². The van der Waals surface area contributed by atoms with Crippen molar-refractivity contribution < 1.29 is 9.47 Å². The smallest absolute Gasteiger partial charge is 0.161 e. The fourth-order valence-corrected chi connectivity index (χ4v) is 1.54. The predicted octanol–water partition coefficient (Wildman–Crippen LogP) is 2.92. The van der Waals surface area contributed by atoms with E-state index in [4.69, 9.17) is 21.1 Å². The fourth-order valence-electron chi connectivity index (χ4n) is 1.06. The lowest BCUT2D eigenvalue weighted by atomic mass is 10.1. The molecule has 0 N–H and O–H groups in total. The molecule has 0 aliphatic heterocycles. The van der Waals surface area contributed by atoms with Crippen molar-refractivity contribution in [3.05, 3.63) is 21.1 Å². The molecule has 0 saturated carbocycles. The third-order valence-electron chi connectivity index (χ3n) is 2.21. The van der Waals surface area contributed by atoms with Crippen LogP contribution in [0.15, 0.2) is 4.47 Å². The molecule has 1 aromatic heterocycles. The highest BCUT2D eigenvalue weighted by atomic mass is 79.9. The zero-order valence-electron chi connectivity index (χ0n) is 9.67. The Bertz CT molecular complexity index is 385. The van der Waals surface area contributed by atoms with Gasteiger partial charge in [-0.1, -0.05) is 11.6 Å². The van der Waals surface area contributed by atoms with Crippen LogP contribution in [0.5, 0.6) is 0 Å². The van der Waals surface area contributed by atoms with Crippen LogP contribution in [0.3, 0.4) is 0 Å². The van der Waals surface area contributed by atoms with Crippen molar-refractivity contribution in [2.24, 2.45) is 0 Å². The summed E-state index contributed by atoms with van der Waals surface area (Å²) in [4.78, 5) is 8.56. The van der Waals surface area contributed by atoms with Crippen molar-refractivity contribution in [2.45, 2.75) is 26.1 Å². The summed E-state index contributed by atoms with van der Waals surface area (Å²) in [5.41, 5.74) is 0.134. The van der Waals surface area contributed by atoms with Crippen LogP contribution < -0.4 is 0 Å². The van der Waals surface area contributed by atoms with Gasteiger partial charge in [0, 0.05) is 14.2 Å². The van der Waals surface area contributed by atoms with Crippen molar-refractivity contribution in [3.63, 3.8) is 0 Å². The summed E-state index contributed by atoms with van der Waals surface area (Å²) in [7, 11) is 3.21. The van der Waals surface area contributed by atoms with E-state index in [1.807, 2.05) is 13.8 Å². The van der Waals surface area contributed by atoms with Crippen molar-refractivity contribution in [3.8, 4) is 0 Å². The zero-order valence-corrected chi connectivity index (χ0v) is 12.0. The summed E-state index contributed by atoms with van der Waals surface area (Å²) in [6.45, 7) is 4.13. The molecule has 4 nitrogen and oxygen atoms in total. The molecule has 0 spiro atoms. The molecule has 0 saturated heterocycles. The first-order chi connectivity index (χ1) is 7.42. The van der Waals surface area contributed by atoms with Gasteiger partial charge in [-0.2, -0.15) is 0 Å². The summed E-state index contributed by atoms with van der Waals surface area (Å²) < 4.78 is 11.0. The van der Waals surface area contributed by atoms with Gasteiger partial charge >= 0.3 is 0 Å². The van der Waals surface area contributed by atoms with Gasteiger partial charge in [0.05, 0.1) is 16.8 Å². The van der Waals surface area contributed by atoms with E-state index in [2.05, 4.69) is 25.9 Å². The van der Waals surface area contributed by atoms with E-state index in [0.29, 0.717) is 27.8 Å². The lowest BCUT2D eigenvalue weighted by Gasteiger charge is -2.22. The first kappa shape index (κ1) is 13.8. The van der Waals surface area contributed by atoms with Crippen LogP contribution in [0.1, 0.15) is 25.4 Å². The van der Waals surface area contributed by atoms with E-state index in [0.717, 1.165) is 0 Å². The normalized spacial score (nSPS) is 11.9. The molecule has 0 aliphatic rings. The third-order valence-corrected chi connectivity index (χ3v) is 3.54. The number of aromatic nitrogens is 2. The van der Waals surface area contributed by atoms with Crippen LogP contribution in [0.25, 0.3) is 0 Å². The van der Waals surface area contributed by atoms with E-state index in [9.17, 15) is 0 Å². The Morgan fingerprint density at radius 1 is 1.31 bits per heavy atom. The molecule has 0 fully saturated rings. The van der Waals surface area contributed by atoms with Gasteiger partial charge in [-0.05, 0) is 29.8 Å². The molecule has 0 unspecified atom stereocenters. The Morgan fingerprint density at radius 2 is 1.94 bits per heavy atom. The van der Waals surface area contributed by atoms with Crippen molar-refractivity contribution in [2.75, 3.05) is 14.2 Å². The van der Waals surface area contributed by atoms with Crippen molar-refractivity contribution in [1.82, 2.24) is 9.97 Å². The monoisotopic (exact) mass is 308 g/mol. The van der Waals surface area contributed by atoms with Gasteiger partial charge in [0.2, 0.25) is 0 Å². The average molecular weight is 310 g/mol. The second kappa shape index (κ2) is 5.40. The molecule has 16 heavy (non-hydrogen) atoms. The van der Waals surface area contributed by atoms with Gasteiger partial charge in [-0.25, -0.2) is 9.97 Å². The Kier molecular flexibility index (Phi) is 4.67. The number of hydrogen-bond acceptors (Lipinski definition) is 4. The van der Waals surface area contributed by atoms with Gasteiger partial charge in [0.25, 0.3) is 0 Å². The molecule has 6 heteroatoms. The molecule has 0 aliphatic carbocycles. The zero-order chi connectivity index (χ0) is 12.3.